The average molecular weight is 1580 g/mol. The fourth-order valence-electron chi connectivity index (χ4n) is 11.7. The number of aromatic nitrogens is 12. The van der Waals surface area contributed by atoms with Crippen LogP contribution in [0.3, 0.4) is 0 Å². The molecule has 0 radical (unpaired) electrons. The maximum atomic E-state index is 12.5. The van der Waals surface area contributed by atoms with E-state index < -0.39 is 30.1 Å². The number of fused-ring (bicyclic) bond motifs is 11. The number of azo groups is 2. The van der Waals surface area contributed by atoms with Crippen LogP contribution in [0.4, 0.5) is 34.1 Å². The van der Waals surface area contributed by atoms with E-state index >= 15 is 0 Å². The second-order valence-electron chi connectivity index (χ2n) is 24.3. The third kappa shape index (κ3) is 16.0. The van der Waals surface area contributed by atoms with Gasteiger partial charge in [0.1, 0.15) is 11.0 Å². The molecular weight excluding hydrogens is 1520 g/mol. The van der Waals surface area contributed by atoms with Crippen LogP contribution in [0.2, 0.25) is 0 Å². The Morgan fingerprint density at radius 3 is 1.76 bits per heavy atom. The maximum Gasteiger partial charge on any atom is 0.276 e. The number of aromatic amines is 6. The summed E-state index contributed by atoms with van der Waals surface area (Å²) >= 11 is 3.04. The van der Waals surface area contributed by atoms with Crippen LogP contribution in [-0.2, 0) is 42.4 Å². The highest BCUT2D eigenvalue weighted by Gasteiger charge is 2.20. The quantitative estimate of drug-likeness (QED) is 0.0298. The predicted molar refractivity (Wildman–Crippen MR) is 426 cm³/mol. The number of aliphatic imine (C=N–C) groups is 2. The van der Waals surface area contributed by atoms with Gasteiger partial charge in [-0.05, 0) is 170 Å². The molecule has 0 aliphatic rings. The number of benzene rings is 8. The molecule has 37 heteroatoms. The Morgan fingerprint density at radius 1 is 0.541 bits per heavy atom. The zero-order chi connectivity index (χ0) is 77.0. The van der Waals surface area contributed by atoms with Gasteiger partial charge < -0.3 is 44.7 Å². The third-order valence-corrected chi connectivity index (χ3v) is 22.6. The number of hydrogen-bond acceptors (Lipinski definition) is 25. The lowest BCUT2D eigenvalue weighted by molar-refractivity contribution is 0.457. The van der Waals surface area contributed by atoms with Crippen molar-refractivity contribution in [2.45, 2.75) is 22.1 Å². The largest absolute Gasteiger partial charge is 0.494 e. The topological polar surface area (TPSA) is 490 Å². The Kier molecular flexibility index (Phi) is 20.3. The number of nitrogens with one attached hydrogen (secondary N) is 8. The summed E-state index contributed by atoms with van der Waals surface area (Å²) in [5.41, 5.74) is 16.6. The summed E-state index contributed by atoms with van der Waals surface area (Å²) < 4.78 is 83.0. The minimum atomic E-state index is -3.77. The summed E-state index contributed by atoms with van der Waals surface area (Å²) in [5.74, 6) is 0.446. The van der Waals surface area contributed by atoms with Gasteiger partial charge in [-0.25, -0.2) is 54.8 Å². The fraction of sp³-hybridized carbons (Fsp3) is 0.0405. The predicted octanol–water partition coefficient (Wildman–Crippen LogP) is 14.7. The number of thiazole rings is 2. The van der Waals surface area contributed by atoms with Gasteiger partial charge in [-0.3, -0.25) is 19.8 Å². The van der Waals surface area contributed by atoms with Crippen LogP contribution in [0.1, 0.15) is 22.3 Å². The Labute approximate surface area is 634 Å². The number of H-pyrrole nitrogens is 6. The molecular formula is C74H57N21O11S5. The van der Waals surface area contributed by atoms with E-state index in [2.05, 4.69) is 100 Å². The van der Waals surface area contributed by atoms with E-state index in [1.54, 1.807) is 114 Å². The first-order valence-corrected chi connectivity index (χ1v) is 39.5. The normalized spacial score (nSPS) is 12.2. The van der Waals surface area contributed by atoms with Gasteiger partial charge >= 0.3 is 0 Å². The van der Waals surface area contributed by atoms with Gasteiger partial charge in [0.05, 0.1) is 109 Å². The number of aromatic hydroxyl groups is 3. The molecule has 10 aromatic heterocycles. The SMILES string of the molecule is CNS(=O)(=O)Cc1ccc(N=Nc2c(=O)[nH]c3ccc4[nH]cccc4c23)cc1.NS(=O)(=O)c1ccc(N=Nc2c(O)[nH]c3ccc(-c4cnco4)cc23)cc1.O=S(=O)(NCc1ccncc1)c1ccc(N=Cc2c(O)[nH]c3ccc4ncsc4c23)cc1.Oc1[nH]c2ccc3ncsc3c2c1C=Nc1ccc2n[nH]nc2c1. The molecule has 0 amide bonds. The second kappa shape index (κ2) is 30.9. The molecule has 8 aromatic carbocycles. The summed E-state index contributed by atoms with van der Waals surface area (Å²) in [7, 11) is -9.39. The molecule has 0 unspecified atom stereocenters. The smallest absolute Gasteiger partial charge is 0.276 e. The molecule has 10 heterocycles. The Bertz CT molecular complexity index is 7050. The number of primary sulfonamides is 1. The number of pyridine rings is 2. The van der Waals surface area contributed by atoms with Gasteiger partial charge in [-0.1, -0.05) is 18.2 Å². The molecule has 0 saturated carbocycles. The molecule has 554 valence electrons. The van der Waals surface area contributed by atoms with Crippen LogP contribution in [0.5, 0.6) is 17.6 Å². The Hall–Kier alpha value is -13.7. The van der Waals surface area contributed by atoms with Crippen molar-refractivity contribution in [1.82, 2.24) is 69.7 Å². The van der Waals surface area contributed by atoms with Crippen molar-refractivity contribution >= 4 is 185 Å². The first-order valence-electron chi connectivity index (χ1n) is 33.0. The number of hydrogen-bond donors (Lipinski definition) is 12. The lowest BCUT2D eigenvalue weighted by atomic mass is 10.1. The van der Waals surface area contributed by atoms with Crippen molar-refractivity contribution in [2.24, 2.45) is 35.6 Å². The van der Waals surface area contributed by atoms with Gasteiger partial charge in [-0.15, -0.1) is 32.9 Å². The van der Waals surface area contributed by atoms with Crippen LogP contribution in [-0.4, -0.2) is 120 Å². The van der Waals surface area contributed by atoms with E-state index in [1.165, 1.54) is 61.2 Å². The van der Waals surface area contributed by atoms with Crippen molar-refractivity contribution in [1.29, 1.82) is 0 Å². The molecule has 0 aliphatic heterocycles. The number of nitrogens with zero attached hydrogens (tertiary/aromatic N) is 12. The zero-order valence-electron chi connectivity index (χ0n) is 57.4. The molecule has 32 nitrogen and oxygen atoms in total. The molecule has 111 heavy (non-hydrogen) atoms. The molecule has 0 fully saturated rings. The van der Waals surface area contributed by atoms with E-state index in [9.17, 15) is 45.4 Å². The second-order valence-corrected chi connectivity index (χ2v) is 31.2. The average Bonchev–Trinajstić information content (AvgIpc) is 1.64. The van der Waals surface area contributed by atoms with Crippen LogP contribution in [0.15, 0.2) is 262 Å². The zero-order valence-corrected chi connectivity index (χ0v) is 61.5. The van der Waals surface area contributed by atoms with E-state index in [0.29, 0.717) is 61.3 Å². The lowest BCUT2D eigenvalue weighted by Crippen LogP contribution is -2.23. The molecule has 0 aliphatic carbocycles. The van der Waals surface area contributed by atoms with Crippen molar-refractivity contribution in [3.8, 4) is 29.0 Å². The summed E-state index contributed by atoms with van der Waals surface area (Å²) in [6, 6.07) is 48.0. The minimum absolute atomic E-state index is 0.0177. The maximum absolute atomic E-state index is 12.5. The summed E-state index contributed by atoms with van der Waals surface area (Å²) in [4.78, 5) is 52.5. The van der Waals surface area contributed by atoms with E-state index in [1.807, 2.05) is 79.0 Å². The molecule has 0 spiro atoms. The minimum Gasteiger partial charge on any atom is -0.494 e. The summed E-state index contributed by atoms with van der Waals surface area (Å²) in [6.45, 7) is 0.177. The van der Waals surface area contributed by atoms with Gasteiger partial charge in [0, 0.05) is 75.6 Å². The first-order chi connectivity index (χ1) is 53.7. The highest BCUT2D eigenvalue weighted by Crippen LogP contribution is 2.40. The molecule has 18 rings (SSSR count). The van der Waals surface area contributed by atoms with Crippen LogP contribution in [0.25, 0.3) is 97.3 Å². The Morgan fingerprint density at radius 2 is 1.11 bits per heavy atom. The molecule has 0 saturated heterocycles. The monoisotopic (exact) mass is 1580 g/mol. The molecule has 13 N–H and O–H groups in total. The van der Waals surface area contributed by atoms with E-state index in [4.69, 9.17) is 9.56 Å². The molecule has 0 atom stereocenters. The van der Waals surface area contributed by atoms with Crippen molar-refractivity contribution < 1.29 is 45.0 Å². The number of nitrogens with two attached hydrogens (primary N) is 1. The van der Waals surface area contributed by atoms with Gasteiger partial charge in [0.15, 0.2) is 35.3 Å². The first kappa shape index (κ1) is 72.9. The van der Waals surface area contributed by atoms with Crippen molar-refractivity contribution in [3.05, 3.63) is 245 Å². The summed E-state index contributed by atoms with van der Waals surface area (Å²) in [5, 5.41) is 67.0. The summed E-state index contributed by atoms with van der Waals surface area (Å²) in [6.07, 6.45) is 11.2. The van der Waals surface area contributed by atoms with E-state index in [-0.39, 0.29) is 56.7 Å². The standard InChI is InChI=1S/C22H17N5O3S2.C19H17N5O3S.C17H13N5O4S.C16H10N6OS/c28-22-17(20-18(27-22)5-6-19-21(20)31-13-25-19)12-24-15-1-3-16(4-2-15)32(29,30)26-11-14-7-9-23-10-8-14;1-20-28(26,27)11-12-4-6-13(7-5-12)23-24-18-17-14-3-2-10-21-15(14)8-9-16(17)22-19(18)25;18-27(24,25)12-4-2-11(3-5-12)21-22-16-13-7-10(15-8-19-9-26-15)1-6-14(13)20-17(16)23;23-16-9(6-17-8-1-2-10-13(5-8)21-22-20-10)14-11(19-16)3-4-12-15(14)24-7-18-12/h1-10,12-13,26-28H,11H2;2-10,20-21H,11H2,1H3,(H,22,25);1-9,20,23H,(H2,18,24,25);1-7,19,23H,(H,20,21,22). The Balaban J connectivity index is 0.000000118. The molecule has 0 bridgehead atoms. The number of oxazole rings is 1. The lowest BCUT2D eigenvalue weighted by Gasteiger charge is -2.07. The molecule has 18 aromatic rings. The van der Waals surface area contributed by atoms with Crippen LogP contribution in [0, 0.1) is 0 Å². The third-order valence-electron chi connectivity index (χ3n) is 17.2. The van der Waals surface area contributed by atoms with Gasteiger partial charge in [0.25, 0.3) is 5.56 Å². The van der Waals surface area contributed by atoms with Gasteiger partial charge in [-0.2, -0.15) is 25.6 Å². The fourth-order valence-corrected chi connectivity index (χ4v) is 15.7. The van der Waals surface area contributed by atoms with Gasteiger partial charge in [0.2, 0.25) is 35.9 Å². The van der Waals surface area contributed by atoms with Crippen LogP contribution >= 0.6 is 22.7 Å². The highest BCUT2D eigenvalue weighted by atomic mass is 32.2. The number of rotatable bonds is 17. The van der Waals surface area contributed by atoms with Crippen molar-refractivity contribution in [2.75, 3.05) is 7.05 Å². The van der Waals surface area contributed by atoms with Crippen LogP contribution < -0.4 is 20.1 Å². The highest BCUT2D eigenvalue weighted by molar-refractivity contribution is 7.89. The number of sulfonamides is 3. The van der Waals surface area contributed by atoms with Crippen molar-refractivity contribution in [3.63, 3.8) is 0 Å². The van der Waals surface area contributed by atoms with E-state index in [0.717, 1.165) is 81.0 Å².